The zero-order valence-corrected chi connectivity index (χ0v) is 10.3. The number of nitrogens with one attached hydrogen (secondary N) is 1. The summed E-state index contributed by atoms with van der Waals surface area (Å²) >= 11 is 0. The number of halogens is 1. The van der Waals surface area contributed by atoms with Crippen LogP contribution in [0.5, 0.6) is 5.75 Å². The van der Waals surface area contributed by atoms with Gasteiger partial charge in [-0.15, -0.1) is 0 Å². The third-order valence-corrected chi connectivity index (χ3v) is 2.15. The molecule has 1 aromatic rings. The Morgan fingerprint density at radius 1 is 1.37 bits per heavy atom. The summed E-state index contributed by atoms with van der Waals surface area (Å²) in [5.74, 6) is -1.42. The molecule has 6 nitrogen and oxygen atoms in total. The second kappa shape index (κ2) is 7.32. The van der Waals surface area contributed by atoms with Crippen LogP contribution in [-0.4, -0.2) is 43.3 Å². The highest BCUT2D eigenvalue weighted by molar-refractivity contribution is 5.79. The van der Waals surface area contributed by atoms with Crippen LogP contribution >= 0.6 is 0 Å². The van der Waals surface area contributed by atoms with Crippen LogP contribution in [0.1, 0.15) is 0 Å². The van der Waals surface area contributed by atoms with Crippen molar-refractivity contribution in [2.45, 2.75) is 6.10 Å². The molecule has 0 saturated heterocycles. The molecule has 1 unspecified atom stereocenters. The van der Waals surface area contributed by atoms with Crippen molar-refractivity contribution in [1.29, 1.82) is 0 Å². The van der Waals surface area contributed by atoms with E-state index >= 15 is 0 Å². The van der Waals surface area contributed by atoms with Crippen LogP contribution in [0.3, 0.4) is 0 Å². The fraction of sp³-hybridized carbons (Fsp3) is 0.333. The van der Waals surface area contributed by atoms with Crippen LogP contribution in [0.25, 0.3) is 0 Å². The van der Waals surface area contributed by atoms with Crippen molar-refractivity contribution in [3.05, 3.63) is 30.1 Å². The molecule has 1 aromatic carbocycles. The first-order valence-electron chi connectivity index (χ1n) is 5.44. The van der Waals surface area contributed by atoms with E-state index in [-0.39, 0.29) is 13.2 Å². The van der Waals surface area contributed by atoms with Gasteiger partial charge in [-0.05, 0) is 24.3 Å². The number of carbonyl (C=O) groups is 2. The van der Waals surface area contributed by atoms with Crippen molar-refractivity contribution < 1.29 is 28.6 Å². The van der Waals surface area contributed by atoms with Gasteiger partial charge in [0.25, 0.3) is 5.91 Å². The molecule has 19 heavy (non-hydrogen) atoms. The summed E-state index contributed by atoms with van der Waals surface area (Å²) in [6, 6.07) is 5.17. The first kappa shape index (κ1) is 14.9. The average Bonchev–Trinajstić information content (AvgIpc) is 2.43. The summed E-state index contributed by atoms with van der Waals surface area (Å²) in [6.45, 7) is -0.572. The lowest BCUT2D eigenvalue weighted by atomic mass is 10.3. The molecular weight excluding hydrogens is 257 g/mol. The highest BCUT2D eigenvalue weighted by Gasteiger charge is 2.16. The largest absolute Gasteiger partial charge is 0.484 e. The second-order valence-electron chi connectivity index (χ2n) is 3.59. The Morgan fingerprint density at radius 2 is 2.00 bits per heavy atom. The zero-order valence-electron chi connectivity index (χ0n) is 10.3. The van der Waals surface area contributed by atoms with Crippen LogP contribution in [-0.2, 0) is 14.3 Å². The van der Waals surface area contributed by atoms with Crippen molar-refractivity contribution in [2.24, 2.45) is 0 Å². The van der Waals surface area contributed by atoms with E-state index in [2.05, 4.69) is 10.1 Å². The molecule has 0 fully saturated rings. The van der Waals surface area contributed by atoms with Gasteiger partial charge in [0, 0.05) is 0 Å². The van der Waals surface area contributed by atoms with Crippen LogP contribution in [0.2, 0.25) is 0 Å². The summed E-state index contributed by atoms with van der Waals surface area (Å²) in [7, 11) is 1.13. The Morgan fingerprint density at radius 3 is 2.58 bits per heavy atom. The quantitative estimate of drug-likeness (QED) is 0.703. The Kier molecular flexibility index (Phi) is 5.74. The molecule has 1 amide bonds. The summed E-state index contributed by atoms with van der Waals surface area (Å²) < 4.78 is 21.9. The fourth-order valence-electron chi connectivity index (χ4n) is 1.16. The Hall–Kier alpha value is -2.15. The maximum absolute atomic E-state index is 12.6. The van der Waals surface area contributed by atoms with Crippen molar-refractivity contribution >= 4 is 11.9 Å². The van der Waals surface area contributed by atoms with Crippen molar-refractivity contribution in [3.63, 3.8) is 0 Å². The van der Waals surface area contributed by atoms with Gasteiger partial charge in [0.05, 0.1) is 13.7 Å². The van der Waals surface area contributed by atoms with E-state index in [1.807, 2.05) is 0 Å². The van der Waals surface area contributed by atoms with Gasteiger partial charge >= 0.3 is 5.97 Å². The summed E-state index contributed by atoms with van der Waals surface area (Å²) in [4.78, 5) is 22.2. The number of ether oxygens (including phenoxy) is 2. The molecule has 0 aliphatic heterocycles. The molecule has 0 radical (unpaired) electrons. The summed E-state index contributed by atoms with van der Waals surface area (Å²) in [6.07, 6.45) is -1.42. The Labute approximate surface area is 109 Å². The molecule has 0 bridgehead atoms. The standard InChI is InChI=1S/C12H14FNO5/c1-18-12(17)10(15)6-14-11(16)7-19-9-4-2-8(13)3-5-9/h2-5,10,15H,6-7H2,1H3,(H,14,16). The molecule has 1 atom stereocenters. The van der Waals surface area contributed by atoms with Crippen LogP contribution < -0.4 is 10.1 Å². The molecule has 0 heterocycles. The third-order valence-electron chi connectivity index (χ3n) is 2.15. The summed E-state index contributed by atoms with van der Waals surface area (Å²) in [5.41, 5.74) is 0. The minimum absolute atomic E-state index is 0.266. The molecule has 0 aromatic heterocycles. The SMILES string of the molecule is COC(=O)C(O)CNC(=O)COc1ccc(F)cc1. The van der Waals surface area contributed by atoms with Gasteiger partial charge in [-0.1, -0.05) is 0 Å². The normalized spacial score (nSPS) is 11.5. The van der Waals surface area contributed by atoms with Gasteiger partial charge in [-0.2, -0.15) is 0 Å². The minimum Gasteiger partial charge on any atom is -0.484 e. The number of aliphatic hydroxyl groups is 1. The minimum atomic E-state index is -1.42. The highest BCUT2D eigenvalue weighted by atomic mass is 19.1. The second-order valence-corrected chi connectivity index (χ2v) is 3.59. The summed E-state index contributed by atoms with van der Waals surface area (Å²) in [5, 5.41) is 11.5. The van der Waals surface area contributed by atoms with Crippen molar-refractivity contribution in [3.8, 4) is 5.75 Å². The van der Waals surface area contributed by atoms with Gasteiger partial charge in [-0.3, -0.25) is 4.79 Å². The molecule has 0 aliphatic carbocycles. The van der Waals surface area contributed by atoms with E-state index in [4.69, 9.17) is 4.74 Å². The number of carbonyl (C=O) groups excluding carboxylic acids is 2. The van der Waals surface area contributed by atoms with Crippen LogP contribution in [0, 0.1) is 5.82 Å². The number of hydrogen-bond acceptors (Lipinski definition) is 5. The molecule has 0 aliphatic rings. The van der Waals surface area contributed by atoms with E-state index in [0.29, 0.717) is 5.75 Å². The fourth-order valence-corrected chi connectivity index (χ4v) is 1.16. The number of hydrogen-bond donors (Lipinski definition) is 2. The lowest BCUT2D eigenvalue weighted by molar-refractivity contribution is -0.150. The predicted molar refractivity (Wildman–Crippen MR) is 62.9 cm³/mol. The van der Waals surface area contributed by atoms with Gasteiger partial charge < -0.3 is 19.9 Å². The van der Waals surface area contributed by atoms with E-state index in [9.17, 15) is 19.1 Å². The number of benzene rings is 1. The monoisotopic (exact) mass is 271 g/mol. The highest BCUT2D eigenvalue weighted by Crippen LogP contribution is 2.10. The molecule has 1 rings (SSSR count). The first-order valence-corrected chi connectivity index (χ1v) is 5.44. The number of amides is 1. The van der Waals surface area contributed by atoms with Gasteiger partial charge in [0.1, 0.15) is 11.6 Å². The number of esters is 1. The number of rotatable bonds is 6. The topological polar surface area (TPSA) is 84.9 Å². The lowest BCUT2D eigenvalue weighted by Gasteiger charge is -2.10. The number of aliphatic hydroxyl groups excluding tert-OH is 1. The van der Waals surface area contributed by atoms with E-state index in [1.54, 1.807) is 0 Å². The smallest absolute Gasteiger partial charge is 0.336 e. The van der Waals surface area contributed by atoms with E-state index in [0.717, 1.165) is 7.11 Å². The molecule has 0 saturated carbocycles. The zero-order chi connectivity index (χ0) is 14.3. The van der Waals surface area contributed by atoms with E-state index < -0.39 is 23.8 Å². The molecule has 0 spiro atoms. The maximum atomic E-state index is 12.6. The van der Waals surface area contributed by atoms with Gasteiger partial charge in [-0.25, -0.2) is 9.18 Å². The molecule has 2 N–H and O–H groups in total. The molecule has 7 heteroatoms. The van der Waals surface area contributed by atoms with Crippen molar-refractivity contribution in [1.82, 2.24) is 5.32 Å². The van der Waals surface area contributed by atoms with E-state index in [1.165, 1.54) is 24.3 Å². The Balaban J connectivity index is 2.28. The van der Waals surface area contributed by atoms with Crippen LogP contribution in [0.4, 0.5) is 4.39 Å². The Bertz CT molecular complexity index is 434. The van der Waals surface area contributed by atoms with Gasteiger partial charge in [0.2, 0.25) is 0 Å². The average molecular weight is 271 g/mol. The molecule has 104 valence electrons. The van der Waals surface area contributed by atoms with Crippen LogP contribution in [0.15, 0.2) is 24.3 Å². The first-order chi connectivity index (χ1) is 9.02. The van der Waals surface area contributed by atoms with Gasteiger partial charge in [0.15, 0.2) is 12.7 Å². The third kappa shape index (κ3) is 5.35. The predicted octanol–water partition coefficient (Wildman–Crippen LogP) is -0.145. The maximum Gasteiger partial charge on any atom is 0.336 e. The van der Waals surface area contributed by atoms with Crippen molar-refractivity contribution in [2.75, 3.05) is 20.3 Å². The lowest BCUT2D eigenvalue weighted by Crippen LogP contribution is -2.39. The number of methoxy groups -OCH3 is 1. The molecular formula is C12H14FNO5.